The number of pyridine rings is 1. The fourth-order valence-corrected chi connectivity index (χ4v) is 4.25. The Kier molecular flexibility index (Phi) is 6.87. The topological polar surface area (TPSA) is 77.9 Å². The number of fused-ring (bicyclic) bond motifs is 1. The number of aliphatic hydroxyl groups excluding tert-OH is 1. The number of amides is 1. The predicted molar refractivity (Wildman–Crippen MR) is 126 cm³/mol. The molecule has 1 aromatic heterocycles. The van der Waals surface area contributed by atoms with Crippen LogP contribution in [-0.4, -0.2) is 72.2 Å². The van der Waals surface area contributed by atoms with Crippen molar-refractivity contribution in [2.75, 3.05) is 45.7 Å². The van der Waals surface area contributed by atoms with Crippen molar-refractivity contribution in [3.05, 3.63) is 66.4 Å². The molecular weight excluding hydrogens is 404 g/mol. The van der Waals surface area contributed by atoms with Gasteiger partial charge in [-0.25, -0.2) is 0 Å². The molecule has 1 fully saturated rings. The van der Waals surface area contributed by atoms with Crippen molar-refractivity contribution in [1.82, 2.24) is 14.8 Å². The number of likely N-dealkylation sites (tertiary alicyclic amines) is 1. The Bertz CT molecular complexity index is 1060. The molecule has 2 aromatic carbocycles. The fourth-order valence-electron chi connectivity index (χ4n) is 4.25. The summed E-state index contributed by atoms with van der Waals surface area (Å²) in [5.41, 5.74) is 2.75. The van der Waals surface area contributed by atoms with Gasteiger partial charge < -0.3 is 20.1 Å². The third kappa shape index (κ3) is 4.84. The van der Waals surface area contributed by atoms with Crippen LogP contribution < -0.4 is 10.1 Å². The number of aliphatic hydroxyl groups is 1. The summed E-state index contributed by atoms with van der Waals surface area (Å²) in [7, 11) is 3.68. The summed E-state index contributed by atoms with van der Waals surface area (Å²) in [5, 5.41) is 14.0. The molecule has 168 valence electrons. The molecule has 1 amide bonds. The summed E-state index contributed by atoms with van der Waals surface area (Å²) in [6.45, 7) is 2.06. The molecule has 7 heteroatoms. The molecule has 0 spiro atoms. The normalized spacial score (nSPS) is 17.3. The van der Waals surface area contributed by atoms with Gasteiger partial charge in [-0.2, -0.15) is 0 Å². The Morgan fingerprint density at radius 1 is 1.25 bits per heavy atom. The molecule has 0 unspecified atom stereocenters. The third-order valence-electron chi connectivity index (χ3n) is 6.08. The smallest absolute Gasteiger partial charge is 0.260 e. The molecule has 3 aromatic rings. The van der Waals surface area contributed by atoms with E-state index in [-0.39, 0.29) is 24.7 Å². The van der Waals surface area contributed by atoms with Crippen LogP contribution in [0.15, 0.2) is 60.8 Å². The van der Waals surface area contributed by atoms with Crippen molar-refractivity contribution in [2.45, 2.75) is 18.6 Å². The van der Waals surface area contributed by atoms with Gasteiger partial charge in [0.1, 0.15) is 11.3 Å². The molecule has 0 aliphatic carbocycles. The largest absolute Gasteiger partial charge is 0.481 e. The molecule has 1 saturated heterocycles. The monoisotopic (exact) mass is 434 g/mol. The van der Waals surface area contributed by atoms with Crippen molar-refractivity contribution in [3.8, 4) is 5.75 Å². The summed E-state index contributed by atoms with van der Waals surface area (Å²) >= 11 is 0. The lowest BCUT2D eigenvalue weighted by Gasteiger charge is -2.32. The molecule has 0 radical (unpaired) electrons. The van der Waals surface area contributed by atoms with Gasteiger partial charge in [-0.05, 0) is 36.2 Å². The first-order valence-corrected chi connectivity index (χ1v) is 11.0. The average molecular weight is 435 g/mol. The molecular formula is C25H30N4O3. The number of carbonyl (C=O) groups is 1. The van der Waals surface area contributed by atoms with E-state index in [4.69, 9.17) is 4.74 Å². The van der Waals surface area contributed by atoms with Gasteiger partial charge in [-0.1, -0.05) is 30.3 Å². The number of nitrogens with one attached hydrogen (secondary N) is 1. The predicted octanol–water partition coefficient (Wildman–Crippen LogP) is 2.92. The van der Waals surface area contributed by atoms with Crippen molar-refractivity contribution >= 4 is 22.5 Å². The number of aromatic nitrogens is 1. The van der Waals surface area contributed by atoms with Gasteiger partial charge in [0.05, 0.1) is 12.1 Å². The molecule has 32 heavy (non-hydrogen) atoms. The van der Waals surface area contributed by atoms with E-state index in [1.165, 1.54) is 0 Å². The number of ether oxygens (including phenoxy) is 1. The van der Waals surface area contributed by atoms with E-state index in [0.717, 1.165) is 35.1 Å². The van der Waals surface area contributed by atoms with E-state index >= 15 is 0 Å². The fraction of sp³-hybridized carbons (Fsp3) is 0.360. The number of nitrogens with zero attached hydrogens (tertiary/aromatic N) is 3. The summed E-state index contributed by atoms with van der Waals surface area (Å²) in [5.74, 6) is 0.473. The van der Waals surface area contributed by atoms with Gasteiger partial charge >= 0.3 is 0 Å². The van der Waals surface area contributed by atoms with Crippen LogP contribution in [0.4, 0.5) is 5.69 Å². The maximum atomic E-state index is 13.1. The maximum Gasteiger partial charge on any atom is 0.260 e. The molecule has 1 aliphatic heterocycles. The van der Waals surface area contributed by atoms with Crippen LogP contribution in [0.1, 0.15) is 18.0 Å². The molecule has 0 bridgehead atoms. The Morgan fingerprint density at radius 2 is 2.06 bits per heavy atom. The van der Waals surface area contributed by atoms with Crippen LogP contribution in [0.2, 0.25) is 0 Å². The quantitative estimate of drug-likeness (QED) is 0.568. The van der Waals surface area contributed by atoms with Crippen molar-refractivity contribution in [3.63, 3.8) is 0 Å². The van der Waals surface area contributed by atoms with Crippen molar-refractivity contribution in [1.29, 1.82) is 0 Å². The molecule has 2 atom stereocenters. The second-order valence-electron chi connectivity index (χ2n) is 8.18. The van der Waals surface area contributed by atoms with Gasteiger partial charge in [0.15, 0.2) is 6.61 Å². The Morgan fingerprint density at radius 3 is 2.78 bits per heavy atom. The van der Waals surface area contributed by atoms with Gasteiger partial charge in [0.25, 0.3) is 5.91 Å². The van der Waals surface area contributed by atoms with E-state index in [0.29, 0.717) is 18.8 Å². The number of rotatable bonds is 8. The van der Waals surface area contributed by atoms with E-state index in [2.05, 4.69) is 15.2 Å². The molecule has 2 N–H and O–H groups in total. The number of carbonyl (C=O) groups excluding carboxylic acids is 1. The first-order valence-electron chi connectivity index (χ1n) is 11.0. The summed E-state index contributed by atoms with van der Waals surface area (Å²) in [6, 6.07) is 17.5. The highest BCUT2D eigenvalue weighted by Crippen LogP contribution is 2.30. The lowest BCUT2D eigenvalue weighted by molar-refractivity contribution is -0.134. The number of hydrogen-bond donors (Lipinski definition) is 2. The maximum absolute atomic E-state index is 13.1. The van der Waals surface area contributed by atoms with Crippen LogP contribution in [0.3, 0.4) is 0 Å². The first-order chi connectivity index (χ1) is 15.6. The molecule has 1 aliphatic rings. The minimum atomic E-state index is -0.294. The van der Waals surface area contributed by atoms with Crippen molar-refractivity contribution in [2.24, 2.45) is 0 Å². The third-order valence-corrected chi connectivity index (χ3v) is 6.08. The summed E-state index contributed by atoms with van der Waals surface area (Å²) in [6.07, 6.45) is 2.20. The van der Waals surface area contributed by atoms with Crippen LogP contribution >= 0.6 is 0 Å². The average Bonchev–Trinajstić information content (AvgIpc) is 3.25. The van der Waals surface area contributed by atoms with E-state index < -0.39 is 0 Å². The molecule has 2 heterocycles. The number of hydrogen-bond acceptors (Lipinski definition) is 6. The summed E-state index contributed by atoms with van der Waals surface area (Å²) in [4.78, 5) is 21.5. The summed E-state index contributed by atoms with van der Waals surface area (Å²) < 4.78 is 5.94. The van der Waals surface area contributed by atoms with Gasteiger partial charge in [-0.3, -0.25) is 14.7 Å². The Balaban J connectivity index is 1.49. The minimum absolute atomic E-state index is 0.0764. The van der Waals surface area contributed by atoms with Crippen molar-refractivity contribution < 1.29 is 14.6 Å². The minimum Gasteiger partial charge on any atom is -0.481 e. The second-order valence-corrected chi connectivity index (χ2v) is 8.18. The standard InChI is InChI=1S/C25H30N4O3/c1-26-21-10-11-23(25-20(21)9-6-13-27-25)32-17-24(31)28(2)22(18-7-4-3-5-8-18)16-29-14-12-19(30)15-29/h3-11,13,19,22,26,30H,12,14-17H2,1-2H3/t19-,22+/m0/s1. The Hall–Kier alpha value is -3.16. The van der Waals surface area contributed by atoms with Gasteiger partial charge in [0.2, 0.25) is 0 Å². The number of benzene rings is 2. The number of likely N-dealkylation sites (N-methyl/N-ethyl adjacent to an activating group) is 1. The zero-order chi connectivity index (χ0) is 22.5. The first kappa shape index (κ1) is 22.0. The van der Waals surface area contributed by atoms with Gasteiger partial charge in [0, 0.05) is 51.0 Å². The highest BCUT2D eigenvalue weighted by molar-refractivity contribution is 5.95. The zero-order valence-corrected chi connectivity index (χ0v) is 18.6. The van der Waals surface area contributed by atoms with Crippen LogP contribution in [0.25, 0.3) is 10.9 Å². The van der Waals surface area contributed by atoms with E-state index in [9.17, 15) is 9.90 Å². The van der Waals surface area contributed by atoms with Gasteiger partial charge in [-0.15, -0.1) is 0 Å². The van der Waals surface area contributed by atoms with E-state index in [1.54, 1.807) is 11.1 Å². The SMILES string of the molecule is CNc1ccc(OCC(=O)N(C)[C@H](CN2CC[C@H](O)C2)c2ccccc2)c2ncccc12. The van der Waals surface area contributed by atoms with Crippen LogP contribution in [-0.2, 0) is 4.79 Å². The number of β-amino-alcohol motifs (C(OH)–C–C–N with tert-alkyl or cyclic N) is 1. The zero-order valence-electron chi connectivity index (χ0n) is 18.6. The highest BCUT2D eigenvalue weighted by Gasteiger charge is 2.28. The lowest BCUT2D eigenvalue weighted by atomic mass is 10.0. The number of anilines is 1. The molecule has 7 nitrogen and oxygen atoms in total. The molecule has 4 rings (SSSR count). The lowest BCUT2D eigenvalue weighted by Crippen LogP contribution is -2.40. The Labute approximate surface area is 188 Å². The highest BCUT2D eigenvalue weighted by atomic mass is 16.5. The van der Waals surface area contributed by atoms with E-state index in [1.807, 2.05) is 68.7 Å². The van der Waals surface area contributed by atoms with Crippen LogP contribution in [0, 0.1) is 0 Å². The molecule has 0 saturated carbocycles. The second kappa shape index (κ2) is 9.97. The van der Waals surface area contributed by atoms with Crippen LogP contribution in [0.5, 0.6) is 5.75 Å².